The molecule has 1 aromatic heterocycles. The third-order valence-corrected chi connectivity index (χ3v) is 2.80. The lowest BCUT2D eigenvalue weighted by atomic mass is 10.3. The van der Waals surface area contributed by atoms with Crippen molar-refractivity contribution in [3.05, 3.63) is 48.5 Å². The Morgan fingerprint density at radius 3 is 2.85 bits per heavy atom. The first-order valence-electron chi connectivity index (χ1n) is 6.39. The molecule has 20 heavy (non-hydrogen) atoms. The van der Waals surface area contributed by atoms with E-state index in [0.29, 0.717) is 30.4 Å². The van der Waals surface area contributed by atoms with Gasteiger partial charge in [0.2, 0.25) is 0 Å². The molecule has 0 bridgehead atoms. The molecule has 2 aromatic carbocycles. The summed E-state index contributed by atoms with van der Waals surface area (Å²) >= 11 is 0. The SMILES string of the molecule is Nc1ccc2oc(NCCOc3ccccc3)nc2c1. The maximum Gasteiger partial charge on any atom is 0.295 e. The van der Waals surface area contributed by atoms with Crippen LogP contribution in [0.2, 0.25) is 0 Å². The highest BCUT2D eigenvalue weighted by atomic mass is 16.5. The molecule has 0 saturated heterocycles. The van der Waals surface area contributed by atoms with Crippen LogP contribution in [0.1, 0.15) is 0 Å². The van der Waals surface area contributed by atoms with Gasteiger partial charge in [0, 0.05) is 5.69 Å². The number of hydrogen-bond donors (Lipinski definition) is 2. The lowest BCUT2D eigenvalue weighted by Crippen LogP contribution is -2.11. The van der Waals surface area contributed by atoms with E-state index >= 15 is 0 Å². The number of aromatic nitrogens is 1. The summed E-state index contributed by atoms with van der Waals surface area (Å²) in [6.07, 6.45) is 0. The number of nitrogen functional groups attached to an aromatic ring is 1. The molecule has 3 aromatic rings. The normalized spacial score (nSPS) is 10.6. The molecule has 5 nitrogen and oxygen atoms in total. The number of nitrogens with one attached hydrogen (secondary N) is 1. The molecule has 5 heteroatoms. The zero-order chi connectivity index (χ0) is 13.8. The van der Waals surface area contributed by atoms with E-state index in [9.17, 15) is 0 Å². The van der Waals surface area contributed by atoms with E-state index in [0.717, 1.165) is 11.3 Å². The van der Waals surface area contributed by atoms with E-state index in [1.54, 1.807) is 12.1 Å². The lowest BCUT2D eigenvalue weighted by Gasteiger charge is -2.05. The maximum absolute atomic E-state index is 5.70. The van der Waals surface area contributed by atoms with Crippen LogP contribution in [0.5, 0.6) is 5.75 Å². The van der Waals surface area contributed by atoms with Crippen LogP contribution in [0.15, 0.2) is 52.9 Å². The molecule has 3 N–H and O–H groups in total. The first-order valence-corrected chi connectivity index (χ1v) is 6.39. The van der Waals surface area contributed by atoms with Crippen LogP contribution in [0.25, 0.3) is 11.1 Å². The van der Waals surface area contributed by atoms with Crippen molar-refractivity contribution in [2.24, 2.45) is 0 Å². The Balaban J connectivity index is 1.55. The molecule has 0 spiro atoms. The quantitative estimate of drug-likeness (QED) is 0.550. The highest BCUT2D eigenvalue weighted by Crippen LogP contribution is 2.20. The van der Waals surface area contributed by atoms with Gasteiger partial charge in [-0.15, -0.1) is 0 Å². The van der Waals surface area contributed by atoms with Gasteiger partial charge in [-0.3, -0.25) is 0 Å². The molecule has 0 radical (unpaired) electrons. The first kappa shape index (κ1) is 12.3. The topological polar surface area (TPSA) is 73.3 Å². The standard InChI is InChI=1S/C15H15N3O2/c16-11-6-7-14-13(10-11)18-15(20-14)17-8-9-19-12-4-2-1-3-5-12/h1-7,10H,8-9,16H2,(H,17,18). The Morgan fingerprint density at radius 2 is 2.00 bits per heavy atom. The second kappa shape index (κ2) is 5.52. The molecule has 1 heterocycles. The van der Waals surface area contributed by atoms with Gasteiger partial charge < -0.3 is 20.2 Å². The van der Waals surface area contributed by atoms with Gasteiger partial charge in [0.15, 0.2) is 5.58 Å². The number of oxazole rings is 1. The molecule has 0 aliphatic rings. The minimum atomic E-state index is 0.474. The van der Waals surface area contributed by atoms with Crippen LogP contribution < -0.4 is 15.8 Å². The average molecular weight is 269 g/mol. The van der Waals surface area contributed by atoms with Crippen molar-refractivity contribution in [2.45, 2.75) is 0 Å². The Kier molecular flexibility index (Phi) is 3.41. The zero-order valence-electron chi connectivity index (χ0n) is 10.9. The van der Waals surface area contributed by atoms with Crippen molar-refractivity contribution in [3.63, 3.8) is 0 Å². The Hall–Kier alpha value is -2.69. The van der Waals surface area contributed by atoms with Crippen LogP contribution in [0.4, 0.5) is 11.7 Å². The van der Waals surface area contributed by atoms with Crippen molar-refractivity contribution in [3.8, 4) is 5.75 Å². The highest BCUT2D eigenvalue weighted by molar-refractivity contribution is 5.78. The van der Waals surface area contributed by atoms with Crippen molar-refractivity contribution in [2.75, 3.05) is 24.2 Å². The van der Waals surface area contributed by atoms with E-state index in [1.165, 1.54) is 0 Å². The summed E-state index contributed by atoms with van der Waals surface area (Å²) in [6, 6.07) is 15.5. The number of nitrogens with two attached hydrogens (primary N) is 1. The van der Waals surface area contributed by atoms with Crippen LogP contribution in [-0.4, -0.2) is 18.1 Å². The number of anilines is 2. The molecule has 0 amide bonds. The largest absolute Gasteiger partial charge is 0.492 e. The van der Waals surface area contributed by atoms with Gasteiger partial charge in [-0.25, -0.2) is 0 Å². The fourth-order valence-electron chi connectivity index (χ4n) is 1.86. The van der Waals surface area contributed by atoms with Gasteiger partial charge in [-0.05, 0) is 30.3 Å². The van der Waals surface area contributed by atoms with E-state index < -0.39 is 0 Å². The Morgan fingerprint density at radius 1 is 1.15 bits per heavy atom. The van der Waals surface area contributed by atoms with Gasteiger partial charge in [-0.2, -0.15) is 4.98 Å². The molecule has 3 rings (SSSR count). The zero-order valence-corrected chi connectivity index (χ0v) is 10.9. The fraction of sp³-hybridized carbons (Fsp3) is 0.133. The highest BCUT2D eigenvalue weighted by Gasteiger charge is 2.05. The van der Waals surface area contributed by atoms with Crippen molar-refractivity contribution >= 4 is 22.8 Å². The number of nitrogens with zero attached hydrogens (tertiary/aromatic N) is 1. The summed E-state index contributed by atoms with van der Waals surface area (Å²) in [7, 11) is 0. The van der Waals surface area contributed by atoms with Crippen LogP contribution >= 0.6 is 0 Å². The van der Waals surface area contributed by atoms with Crippen LogP contribution in [0, 0.1) is 0 Å². The van der Waals surface area contributed by atoms with Gasteiger partial charge in [0.05, 0.1) is 6.54 Å². The second-order valence-corrected chi connectivity index (χ2v) is 4.33. The maximum atomic E-state index is 5.70. The van der Waals surface area contributed by atoms with E-state index in [4.69, 9.17) is 14.9 Å². The smallest absolute Gasteiger partial charge is 0.295 e. The van der Waals surface area contributed by atoms with E-state index in [-0.39, 0.29) is 0 Å². The number of hydrogen-bond acceptors (Lipinski definition) is 5. The molecule has 0 atom stereocenters. The number of para-hydroxylation sites is 1. The summed E-state index contributed by atoms with van der Waals surface area (Å²) < 4.78 is 11.1. The molecule has 0 unspecified atom stereocenters. The molecule has 0 aliphatic heterocycles. The second-order valence-electron chi connectivity index (χ2n) is 4.33. The van der Waals surface area contributed by atoms with E-state index in [1.807, 2.05) is 36.4 Å². The number of ether oxygens (including phenoxy) is 1. The lowest BCUT2D eigenvalue weighted by molar-refractivity contribution is 0.331. The molecular formula is C15H15N3O2. The number of fused-ring (bicyclic) bond motifs is 1. The van der Waals surface area contributed by atoms with Gasteiger partial charge in [0.1, 0.15) is 17.9 Å². The van der Waals surface area contributed by atoms with Gasteiger partial charge in [0.25, 0.3) is 6.01 Å². The number of benzene rings is 2. The van der Waals surface area contributed by atoms with Crippen LogP contribution in [0.3, 0.4) is 0 Å². The summed E-state index contributed by atoms with van der Waals surface area (Å²) in [5.74, 6) is 0.847. The van der Waals surface area contributed by atoms with Gasteiger partial charge >= 0.3 is 0 Å². The van der Waals surface area contributed by atoms with Crippen molar-refractivity contribution in [1.82, 2.24) is 4.98 Å². The van der Waals surface area contributed by atoms with Crippen molar-refractivity contribution in [1.29, 1.82) is 0 Å². The minimum absolute atomic E-state index is 0.474. The molecular weight excluding hydrogens is 254 g/mol. The Bertz CT molecular complexity index is 695. The van der Waals surface area contributed by atoms with Crippen LogP contribution in [-0.2, 0) is 0 Å². The summed E-state index contributed by atoms with van der Waals surface area (Å²) in [4.78, 5) is 4.30. The average Bonchev–Trinajstić information content (AvgIpc) is 2.86. The van der Waals surface area contributed by atoms with E-state index in [2.05, 4.69) is 10.3 Å². The van der Waals surface area contributed by atoms with Crippen molar-refractivity contribution < 1.29 is 9.15 Å². The Labute approximate surface area is 116 Å². The monoisotopic (exact) mass is 269 g/mol. The summed E-state index contributed by atoms with van der Waals surface area (Å²) in [5, 5.41) is 3.08. The molecule has 102 valence electrons. The fourth-order valence-corrected chi connectivity index (χ4v) is 1.86. The molecule has 0 fully saturated rings. The predicted octanol–water partition coefficient (Wildman–Crippen LogP) is 2.90. The summed E-state index contributed by atoms with van der Waals surface area (Å²) in [6.45, 7) is 1.14. The van der Waals surface area contributed by atoms with Gasteiger partial charge in [-0.1, -0.05) is 18.2 Å². The number of rotatable bonds is 5. The summed E-state index contributed by atoms with van der Waals surface area (Å²) in [5.41, 5.74) is 7.83. The molecule has 0 saturated carbocycles. The third-order valence-electron chi connectivity index (χ3n) is 2.80. The predicted molar refractivity (Wildman–Crippen MR) is 78.8 cm³/mol. The third kappa shape index (κ3) is 2.83. The minimum Gasteiger partial charge on any atom is -0.492 e. The molecule has 0 aliphatic carbocycles. The first-order chi connectivity index (χ1) is 9.81.